The Morgan fingerprint density at radius 3 is 2.68 bits per heavy atom. The first kappa shape index (κ1) is 18.4. The molecule has 0 radical (unpaired) electrons. The van der Waals surface area contributed by atoms with Gasteiger partial charge in [-0.15, -0.1) is 5.10 Å². The summed E-state index contributed by atoms with van der Waals surface area (Å²) < 4.78 is 45.7. The number of piperidine rings is 1. The van der Waals surface area contributed by atoms with Crippen LogP contribution in [0.25, 0.3) is 5.78 Å². The second-order valence-corrected chi connectivity index (χ2v) is 7.01. The lowest BCUT2D eigenvalue weighted by Gasteiger charge is -2.32. The van der Waals surface area contributed by atoms with Crippen LogP contribution in [0.15, 0.2) is 10.6 Å². The van der Waals surface area contributed by atoms with Crippen LogP contribution < -0.4 is 9.80 Å². The number of nitrogens with zero attached hydrogens (tertiary/aromatic N) is 8. The highest BCUT2D eigenvalue weighted by Crippen LogP contribution is 2.31. The molecular formula is C16H19F3N8O. The van der Waals surface area contributed by atoms with E-state index < -0.39 is 12.0 Å². The zero-order valence-corrected chi connectivity index (χ0v) is 15.6. The van der Waals surface area contributed by atoms with Crippen molar-refractivity contribution >= 4 is 17.5 Å². The molecule has 1 fully saturated rings. The average Bonchev–Trinajstić information content (AvgIpc) is 3.28. The highest BCUT2D eigenvalue weighted by molar-refractivity contribution is 5.48. The first-order chi connectivity index (χ1) is 13.2. The summed E-state index contributed by atoms with van der Waals surface area (Å²) in [5.74, 6) is 0.224. The zero-order chi connectivity index (χ0) is 20.1. The average molecular weight is 396 g/mol. The third-order valence-electron chi connectivity index (χ3n) is 4.60. The van der Waals surface area contributed by atoms with E-state index in [0.717, 1.165) is 17.4 Å². The number of aromatic nitrogens is 6. The molecular weight excluding hydrogens is 377 g/mol. The Hall–Kier alpha value is -2.92. The molecule has 1 saturated heterocycles. The lowest BCUT2D eigenvalue weighted by atomic mass is 9.98. The fourth-order valence-electron chi connectivity index (χ4n) is 3.27. The van der Waals surface area contributed by atoms with Crippen molar-refractivity contribution in [2.75, 3.05) is 37.0 Å². The molecule has 1 unspecified atom stereocenters. The summed E-state index contributed by atoms with van der Waals surface area (Å²) in [5.41, 5.74) is 0.568. The predicted molar refractivity (Wildman–Crippen MR) is 93.3 cm³/mol. The van der Waals surface area contributed by atoms with Gasteiger partial charge in [-0.1, -0.05) is 0 Å². The van der Waals surface area contributed by atoms with Crippen molar-refractivity contribution in [2.45, 2.75) is 31.9 Å². The maximum absolute atomic E-state index is 13.0. The Kier molecular flexibility index (Phi) is 4.35. The standard InChI is InChI=1S/C16H19F3N8O/c1-9-7-11(27-14(20-9)22-13(23-27)16(17,18)19)26-6-4-5-10(8-26)12-21-15(24-28-12)25(2)3/h7,10H,4-6,8H2,1-3H3. The molecule has 0 spiro atoms. The van der Waals surface area contributed by atoms with E-state index in [2.05, 4.69) is 25.2 Å². The molecule has 0 amide bonds. The van der Waals surface area contributed by atoms with Crippen LogP contribution >= 0.6 is 0 Å². The van der Waals surface area contributed by atoms with E-state index in [1.807, 2.05) is 19.0 Å². The molecule has 0 aliphatic carbocycles. The maximum atomic E-state index is 13.0. The molecule has 9 nitrogen and oxygen atoms in total. The minimum Gasteiger partial charge on any atom is -0.356 e. The normalized spacial score (nSPS) is 18.1. The van der Waals surface area contributed by atoms with E-state index in [4.69, 9.17) is 4.52 Å². The van der Waals surface area contributed by atoms with Gasteiger partial charge in [0.05, 0.1) is 5.92 Å². The molecule has 3 aromatic rings. The summed E-state index contributed by atoms with van der Waals surface area (Å²) in [5, 5.41) is 7.59. The lowest BCUT2D eigenvalue weighted by Crippen LogP contribution is -2.36. The van der Waals surface area contributed by atoms with E-state index in [9.17, 15) is 13.2 Å². The SMILES string of the molecule is Cc1cc(N2CCCC(c3nc(N(C)C)no3)C2)n2nc(C(F)(F)F)nc2n1. The van der Waals surface area contributed by atoms with Crippen LogP contribution in [0, 0.1) is 6.92 Å². The molecule has 1 aliphatic rings. The summed E-state index contributed by atoms with van der Waals surface area (Å²) in [6.45, 7) is 2.91. The quantitative estimate of drug-likeness (QED) is 0.666. The van der Waals surface area contributed by atoms with E-state index >= 15 is 0 Å². The number of anilines is 2. The summed E-state index contributed by atoms with van der Waals surface area (Å²) in [6, 6.07) is 1.71. The highest BCUT2D eigenvalue weighted by Gasteiger charge is 2.37. The Labute approximate surface area is 158 Å². The van der Waals surface area contributed by atoms with Crippen molar-refractivity contribution in [2.24, 2.45) is 0 Å². The van der Waals surface area contributed by atoms with Crippen molar-refractivity contribution in [1.29, 1.82) is 0 Å². The Morgan fingerprint density at radius 2 is 2.00 bits per heavy atom. The molecule has 0 N–H and O–H groups in total. The monoisotopic (exact) mass is 396 g/mol. The number of halogens is 3. The molecule has 12 heteroatoms. The summed E-state index contributed by atoms with van der Waals surface area (Å²) in [7, 11) is 3.64. The van der Waals surface area contributed by atoms with Crippen LogP contribution in [0.2, 0.25) is 0 Å². The molecule has 4 rings (SSSR count). The van der Waals surface area contributed by atoms with Gasteiger partial charge in [0.2, 0.25) is 5.89 Å². The molecule has 0 saturated carbocycles. The van der Waals surface area contributed by atoms with Crippen LogP contribution in [0.3, 0.4) is 0 Å². The van der Waals surface area contributed by atoms with Crippen molar-refractivity contribution < 1.29 is 17.7 Å². The Balaban J connectivity index is 1.67. The smallest absolute Gasteiger partial charge is 0.356 e. The fourth-order valence-corrected chi connectivity index (χ4v) is 3.27. The number of rotatable bonds is 3. The number of hydrogen-bond donors (Lipinski definition) is 0. The first-order valence-electron chi connectivity index (χ1n) is 8.80. The third kappa shape index (κ3) is 3.34. The summed E-state index contributed by atoms with van der Waals surface area (Å²) >= 11 is 0. The molecule has 0 bridgehead atoms. The Bertz CT molecular complexity index is 996. The fraction of sp³-hybridized carbons (Fsp3) is 0.562. The van der Waals surface area contributed by atoms with Gasteiger partial charge in [0.25, 0.3) is 17.6 Å². The van der Waals surface area contributed by atoms with Crippen LogP contribution in [-0.2, 0) is 6.18 Å². The van der Waals surface area contributed by atoms with Gasteiger partial charge in [-0.2, -0.15) is 27.7 Å². The maximum Gasteiger partial charge on any atom is 0.453 e. The molecule has 3 aromatic heterocycles. The number of alkyl halides is 3. The largest absolute Gasteiger partial charge is 0.453 e. The van der Waals surface area contributed by atoms with Crippen LogP contribution in [0.5, 0.6) is 0 Å². The van der Waals surface area contributed by atoms with Crippen molar-refractivity contribution in [1.82, 2.24) is 29.7 Å². The van der Waals surface area contributed by atoms with Gasteiger partial charge >= 0.3 is 6.18 Å². The second-order valence-electron chi connectivity index (χ2n) is 7.01. The molecule has 1 aliphatic heterocycles. The van der Waals surface area contributed by atoms with Crippen molar-refractivity contribution in [3.8, 4) is 0 Å². The topological polar surface area (TPSA) is 88.5 Å². The van der Waals surface area contributed by atoms with Gasteiger partial charge in [0, 0.05) is 38.9 Å². The molecule has 150 valence electrons. The van der Waals surface area contributed by atoms with E-state index in [0.29, 0.717) is 36.4 Å². The second kappa shape index (κ2) is 6.60. The summed E-state index contributed by atoms with van der Waals surface area (Å²) in [6.07, 6.45) is -2.95. The van der Waals surface area contributed by atoms with Crippen molar-refractivity contribution in [3.05, 3.63) is 23.5 Å². The van der Waals surface area contributed by atoms with Gasteiger partial charge in [-0.3, -0.25) is 0 Å². The Morgan fingerprint density at radius 1 is 1.21 bits per heavy atom. The van der Waals surface area contributed by atoms with Crippen LogP contribution in [0.1, 0.15) is 36.2 Å². The van der Waals surface area contributed by atoms with E-state index in [1.54, 1.807) is 17.9 Å². The van der Waals surface area contributed by atoms with Gasteiger partial charge in [0.15, 0.2) is 0 Å². The summed E-state index contributed by atoms with van der Waals surface area (Å²) in [4.78, 5) is 15.7. The van der Waals surface area contributed by atoms with Crippen LogP contribution in [-0.4, -0.2) is 56.9 Å². The molecule has 4 heterocycles. The van der Waals surface area contributed by atoms with Gasteiger partial charge in [-0.25, -0.2) is 4.98 Å². The third-order valence-corrected chi connectivity index (χ3v) is 4.60. The van der Waals surface area contributed by atoms with E-state index in [1.165, 1.54) is 0 Å². The molecule has 1 atom stereocenters. The predicted octanol–water partition coefficient (Wildman–Crippen LogP) is 2.28. The van der Waals surface area contributed by atoms with E-state index in [-0.39, 0.29) is 11.7 Å². The first-order valence-corrected chi connectivity index (χ1v) is 8.80. The minimum absolute atomic E-state index is 0.0240. The van der Waals surface area contributed by atoms with Gasteiger partial charge < -0.3 is 14.3 Å². The lowest BCUT2D eigenvalue weighted by molar-refractivity contribution is -0.144. The number of aryl methyl sites for hydroxylation is 1. The highest BCUT2D eigenvalue weighted by atomic mass is 19.4. The minimum atomic E-state index is -4.63. The number of fused-ring (bicyclic) bond motifs is 1. The van der Waals surface area contributed by atoms with Gasteiger partial charge in [-0.05, 0) is 24.9 Å². The van der Waals surface area contributed by atoms with Gasteiger partial charge in [0.1, 0.15) is 5.82 Å². The van der Waals surface area contributed by atoms with Crippen molar-refractivity contribution in [3.63, 3.8) is 0 Å². The zero-order valence-electron chi connectivity index (χ0n) is 15.6. The molecule has 28 heavy (non-hydrogen) atoms. The molecule has 0 aromatic carbocycles. The van der Waals surface area contributed by atoms with Crippen LogP contribution in [0.4, 0.5) is 24.9 Å². The number of hydrogen-bond acceptors (Lipinski definition) is 8.